The zero-order chi connectivity index (χ0) is 10.6. The summed E-state index contributed by atoms with van der Waals surface area (Å²) in [5, 5.41) is 10.9. The topological polar surface area (TPSA) is 25.2 Å². The van der Waals surface area contributed by atoms with Gasteiger partial charge in [-0.25, -0.2) is 0 Å². The van der Waals surface area contributed by atoms with E-state index in [0.29, 0.717) is 5.75 Å². The number of aromatic nitrogens is 1. The summed E-state index contributed by atoms with van der Waals surface area (Å²) in [5.74, 6) is 0.402. The summed E-state index contributed by atoms with van der Waals surface area (Å²) < 4.78 is 2.39. The molecule has 0 atom stereocenters. The molecule has 3 rings (SSSR count). The Hall–Kier alpha value is -1.44. The zero-order valence-corrected chi connectivity index (χ0v) is 9.17. The van der Waals surface area contributed by atoms with Crippen molar-refractivity contribution >= 4 is 10.9 Å². The largest absolute Gasteiger partial charge is 0.508 e. The summed E-state index contributed by atoms with van der Waals surface area (Å²) in [6, 6.07) is 3.81. The first-order chi connectivity index (χ1) is 7.18. The molecule has 0 unspecified atom stereocenters. The summed E-state index contributed by atoms with van der Waals surface area (Å²) in [7, 11) is 0. The van der Waals surface area contributed by atoms with Crippen LogP contribution in [0.25, 0.3) is 10.9 Å². The highest BCUT2D eigenvalue weighted by Crippen LogP contribution is 2.34. The molecular weight excluding hydrogens is 186 g/mol. The summed E-state index contributed by atoms with van der Waals surface area (Å²) in [6.07, 6.45) is 2.27. The summed E-state index contributed by atoms with van der Waals surface area (Å²) in [5.41, 5.74) is 5.29. The molecule has 1 N–H and O–H groups in total. The summed E-state index contributed by atoms with van der Waals surface area (Å²) in [6.45, 7) is 5.43. The smallest absolute Gasteiger partial charge is 0.116 e. The molecule has 0 saturated heterocycles. The van der Waals surface area contributed by atoms with Gasteiger partial charge in [0, 0.05) is 17.6 Å². The molecule has 0 spiro atoms. The molecule has 0 bridgehead atoms. The number of hydrogen-bond acceptors (Lipinski definition) is 1. The molecule has 0 aliphatic carbocycles. The number of phenolic OH excluding ortho intramolecular Hbond substituents is 1. The van der Waals surface area contributed by atoms with Gasteiger partial charge in [0.05, 0.1) is 5.52 Å². The van der Waals surface area contributed by atoms with Gasteiger partial charge in [0.15, 0.2) is 0 Å². The molecule has 2 heterocycles. The van der Waals surface area contributed by atoms with Gasteiger partial charge in [0.25, 0.3) is 0 Å². The minimum Gasteiger partial charge on any atom is -0.508 e. The van der Waals surface area contributed by atoms with Crippen LogP contribution in [0.3, 0.4) is 0 Å². The van der Waals surface area contributed by atoms with Gasteiger partial charge in [-0.05, 0) is 49.9 Å². The van der Waals surface area contributed by atoms with Crippen molar-refractivity contribution in [2.75, 3.05) is 0 Å². The highest BCUT2D eigenvalue weighted by atomic mass is 16.3. The van der Waals surface area contributed by atoms with E-state index in [2.05, 4.69) is 18.4 Å². The lowest BCUT2D eigenvalue weighted by Gasteiger charge is -2.17. The average molecular weight is 201 g/mol. The molecule has 1 aliphatic rings. The molecule has 0 radical (unpaired) electrons. The van der Waals surface area contributed by atoms with Crippen molar-refractivity contribution in [3.05, 3.63) is 29.0 Å². The van der Waals surface area contributed by atoms with Crippen molar-refractivity contribution in [2.45, 2.75) is 33.2 Å². The number of hydrogen-bond donors (Lipinski definition) is 1. The Bertz CT molecular complexity index is 551. The van der Waals surface area contributed by atoms with Crippen molar-refractivity contribution in [1.29, 1.82) is 0 Å². The summed E-state index contributed by atoms with van der Waals surface area (Å²) in [4.78, 5) is 0. The van der Waals surface area contributed by atoms with Gasteiger partial charge < -0.3 is 9.67 Å². The third kappa shape index (κ3) is 1.05. The minimum atomic E-state index is 0.402. The Labute approximate surface area is 89.1 Å². The van der Waals surface area contributed by atoms with Gasteiger partial charge in [0.1, 0.15) is 5.75 Å². The van der Waals surface area contributed by atoms with E-state index in [1.54, 1.807) is 0 Å². The minimum absolute atomic E-state index is 0.402. The third-order valence-electron chi connectivity index (χ3n) is 3.62. The molecule has 0 saturated carbocycles. The Morgan fingerprint density at radius 2 is 2.07 bits per heavy atom. The quantitative estimate of drug-likeness (QED) is 0.696. The number of benzene rings is 1. The van der Waals surface area contributed by atoms with E-state index in [4.69, 9.17) is 0 Å². The molecule has 2 nitrogen and oxygen atoms in total. The highest BCUT2D eigenvalue weighted by molar-refractivity contribution is 5.89. The van der Waals surface area contributed by atoms with Crippen LogP contribution in [0, 0.1) is 13.8 Å². The van der Waals surface area contributed by atoms with Crippen LogP contribution in [0.4, 0.5) is 0 Å². The van der Waals surface area contributed by atoms with Crippen molar-refractivity contribution < 1.29 is 5.11 Å². The number of phenols is 1. The van der Waals surface area contributed by atoms with E-state index >= 15 is 0 Å². The SMILES string of the molecule is Cc1c(C)n2c3c(cc(O)cc13)CCC2. The lowest BCUT2D eigenvalue weighted by Crippen LogP contribution is -2.08. The Balaban J connectivity index is 2.53. The highest BCUT2D eigenvalue weighted by Gasteiger charge is 2.18. The lowest BCUT2D eigenvalue weighted by atomic mass is 10.0. The fourth-order valence-corrected chi connectivity index (χ4v) is 2.75. The van der Waals surface area contributed by atoms with Crippen LogP contribution in [0.15, 0.2) is 12.1 Å². The Morgan fingerprint density at radius 3 is 2.87 bits per heavy atom. The molecule has 0 amide bonds. The van der Waals surface area contributed by atoms with E-state index in [0.717, 1.165) is 13.0 Å². The molecule has 2 heteroatoms. The molecule has 1 aliphatic heterocycles. The standard InChI is InChI=1S/C13H15NO/c1-8-9(2)14-5-3-4-10-6-11(15)7-12(8)13(10)14/h6-7,15H,3-5H2,1-2H3. The van der Waals surface area contributed by atoms with Crippen molar-refractivity contribution in [3.63, 3.8) is 0 Å². The van der Waals surface area contributed by atoms with Gasteiger partial charge in [-0.1, -0.05) is 0 Å². The van der Waals surface area contributed by atoms with Gasteiger partial charge in [-0.15, -0.1) is 0 Å². The number of nitrogens with zero attached hydrogens (tertiary/aromatic N) is 1. The van der Waals surface area contributed by atoms with E-state index < -0.39 is 0 Å². The molecule has 0 fully saturated rings. The monoisotopic (exact) mass is 201 g/mol. The summed E-state index contributed by atoms with van der Waals surface area (Å²) >= 11 is 0. The maximum absolute atomic E-state index is 9.68. The van der Waals surface area contributed by atoms with Crippen molar-refractivity contribution in [2.24, 2.45) is 0 Å². The van der Waals surface area contributed by atoms with Crippen LogP contribution in [0.5, 0.6) is 5.75 Å². The van der Waals surface area contributed by atoms with Gasteiger partial charge in [-0.2, -0.15) is 0 Å². The van der Waals surface area contributed by atoms with Gasteiger partial charge >= 0.3 is 0 Å². The molecule has 15 heavy (non-hydrogen) atoms. The average Bonchev–Trinajstić information content (AvgIpc) is 2.46. The second-order valence-electron chi connectivity index (χ2n) is 4.47. The molecular formula is C13H15NO. The van der Waals surface area contributed by atoms with Crippen LogP contribution in [-0.4, -0.2) is 9.67 Å². The molecule has 2 aromatic rings. The van der Waals surface area contributed by atoms with Crippen LogP contribution in [0.2, 0.25) is 0 Å². The molecule has 1 aromatic heterocycles. The van der Waals surface area contributed by atoms with E-state index in [1.165, 1.54) is 34.1 Å². The molecule has 1 aromatic carbocycles. The maximum atomic E-state index is 9.68. The Morgan fingerprint density at radius 1 is 1.27 bits per heavy atom. The zero-order valence-electron chi connectivity index (χ0n) is 9.17. The second kappa shape index (κ2) is 2.78. The Kier molecular flexibility index (Phi) is 1.64. The third-order valence-corrected chi connectivity index (χ3v) is 3.62. The molecule has 78 valence electrons. The van der Waals surface area contributed by atoms with Crippen LogP contribution >= 0.6 is 0 Å². The van der Waals surface area contributed by atoms with Crippen LogP contribution in [0.1, 0.15) is 23.2 Å². The fourth-order valence-electron chi connectivity index (χ4n) is 2.75. The first-order valence-electron chi connectivity index (χ1n) is 5.50. The van der Waals surface area contributed by atoms with Gasteiger partial charge in [0.2, 0.25) is 0 Å². The maximum Gasteiger partial charge on any atom is 0.116 e. The first kappa shape index (κ1) is 8.84. The normalized spacial score (nSPS) is 14.8. The van der Waals surface area contributed by atoms with E-state index in [1.807, 2.05) is 12.1 Å². The predicted molar refractivity (Wildman–Crippen MR) is 61.4 cm³/mol. The van der Waals surface area contributed by atoms with Crippen LogP contribution < -0.4 is 0 Å². The van der Waals surface area contributed by atoms with E-state index in [-0.39, 0.29) is 0 Å². The first-order valence-corrected chi connectivity index (χ1v) is 5.50. The van der Waals surface area contributed by atoms with E-state index in [9.17, 15) is 5.11 Å². The number of rotatable bonds is 0. The fraction of sp³-hybridized carbons (Fsp3) is 0.385. The van der Waals surface area contributed by atoms with Crippen molar-refractivity contribution in [1.82, 2.24) is 4.57 Å². The number of aryl methyl sites for hydroxylation is 3. The number of aromatic hydroxyl groups is 1. The lowest BCUT2D eigenvalue weighted by molar-refractivity contribution is 0.474. The van der Waals surface area contributed by atoms with Gasteiger partial charge in [-0.3, -0.25) is 0 Å². The van der Waals surface area contributed by atoms with Crippen LogP contribution in [-0.2, 0) is 13.0 Å². The predicted octanol–water partition coefficient (Wildman–Crippen LogP) is 2.91. The second-order valence-corrected chi connectivity index (χ2v) is 4.47. The van der Waals surface area contributed by atoms with Crippen molar-refractivity contribution in [3.8, 4) is 5.75 Å².